The fourth-order valence-corrected chi connectivity index (χ4v) is 9.01. The Balaban J connectivity index is 1.10. The van der Waals surface area contributed by atoms with E-state index in [1.54, 1.807) is 24.5 Å². The van der Waals surface area contributed by atoms with Crippen LogP contribution in [0.25, 0.3) is 11.1 Å². The number of anilines is 1. The molecule has 298 valence electrons. The minimum atomic E-state index is -1.23. The maximum atomic E-state index is 13.7. The molecule has 2 aromatic carbocycles. The number of aliphatic carboxylic acids is 1. The largest absolute Gasteiger partial charge is 0.508 e. The van der Waals surface area contributed by atoms with Gasteiger partial charge in [-0.05, 0) is 37.7 Å². The number of nitrogen functional groups attached to an aromatic ring is 1. The van der Waals surface area contributed by atoms with Gasteiger partial charge in [0.2, 0.25) is 11.8 Å². The second-order valence-electron chi connectivity index (χ2n) is 13.2. The third-order valence-corrected chi connectivity index (χ3v) is 11.8. The van der Waals surface area contributed by atoms with Gasteiger partial charge in [-0.15, -0.1) is 11.8 Å². The molecule has 4 aromatic rings. The number of thioether (sulfide) groups is 1. The number of halogens is 1. The highest BCUT2D eigenvalue weighted by atomic mass is 35.5. The number of aromatic hydroxyl groups is 3. The van der Waals surface area contributed by atoms with Crippen LogP contribution in [0.4, 0.5) is 5.13 Å². The van der Waals surface area contributed by atoms with E-state index in [0.29, 0.717) is 11.3 Å². The van der Waals surface area contributed by atoms with Crippen LogP contribution in [0, 0.1) is 12.8 Å². The summed E-state index contributed by atoms with van der Waals surface area (Å²) in [6.07, 6.45) is 3.52. The molecule has 0 bridgehead atoms. The van der Waals surface area contributed by atoms with Crippen molar-refractivity contribution in [3.05, 3.63) is 93.4 Å². The monoisotopic (exact) mass is 836 g/mol. The van der Waals surface area contributed by atoms with Gasteiger partial charge < -0.3 is 41.6 Å². The molecule has 0 spiro atoms. The molecule has 0 radical (unpaired) electrons. The van der Waals surface area contributed by atoms with Gasteiger partial charge >= 0.3 is 5.97 Å². The summed E-state index contributed by atoms with van der Waals surface area (Å²) >= 11 is 8.66. The van der Waals surface area contributed by atoms with Gasteiger partial charge in [0.15, 0.2) is 35.6 Å². The molecule has 2 aliphatic rings. The molecule has 1 fully saturated rings. The van der Waals surface area contributed by atoms with Crippen LogP contribution in [0.1, 0.15) is 35.7 Å². The number of likely N-dealkylation sites (N-methyl/N-ethyl adjacent to an activating group) is 1. The summed E-state index contributed by atoms with van der Waals surface area (Å²) in [6, 6.07) is 11.7. The van der Waals surface area contributed by atoms with E-state index in [0.717, 1.165) is 23.0 Å². The molecule has 6 rings (SSSR count). The Morgan fingerprint density at radius 2 is 1.89 bits per heavy atom. The lowest BCUT2D eigenvalue weighted by atomic mass is 9.89. The lowest BCUT2D eigenvalue weighted by Gasteiger charge is -2.49. The van der Waals surface area contributed by atoms with Crippen LogP contribution >= 0.6 is 34.7 Å². The summed E-state index contributed by atoms with van der Waals surface area (Å²) in [4.78, 5) is 63.8. The van der Waals surface area contributed by atoms with Crippen molar-refractivity contribution >= 4 is 69.1 Å². The van der Waals surface area contributed by atoms with Gasteiger partial charge in [-0.1, -0.05) is 45.8 Å². The number of aromatic nitrogens is 2. The van der Waals surface area contributed by atoms with Crippen LogP contribution in [0.2, 0.25) is 4.34 Å². The second-order valence-corrected chi connectivity index (χ2v) is 15.9. The standard InChI is InChI=1S/C38H38ClN7O9S2/c1-19-7-8-25(48)22(13-19)28-23(14-21(47)15-26(28)49)29(41-2)34(51)42-9-6-12-55-44-30(31-33(39)57-38(40)43-31)27(50)16-24-35(52)46-32(37(53)54)20(18-56-36(24)46)17-45-10-4-3-5-11-45/h3-5,7-8,10-11,13-15,24,29,36,41H,6,9,12,16-18H2,1-2H3,(H6-,40,42,43,44,47,48,49,50,51,53,54)/p+1. The maximum Gasteiger partial charge on any atom is 0.352 e. The molecule has 57 heavy (non-hydrogen) atoms. The van der Waals surface area contributed by atoms with E-state index in [9.17, 15) is 39.6 Å². The number of carbonyl (C=O) groups excluding carboxylic acids is 3. The number of nitrogens with one attached hydrogen (secondary N) is 2. The first-order chi connectivity index (χ1) is 27.3. The van der Waals surface area contributed by atoms with E-state index in [2.05, 4.69) is 20.8 Å². The van der Waals surface area contributed by atoms with Gasteiger partial charge in [0.1, 0.15) is 45.6 Å². The van der Waals surface area contributed by atoms with Crippen molar-refractivity contribution in [1.82, 2.24) is 20.5 Å². The summed E-state index contributed by atoms with van der Waals surface area (Å²) in [5, 5.41) is 50.9. The summed E-state index contributed by atoms with van der Waals surface area (Å²) in [5.41, 5.74) is 7.52. The first-order valence-electron chi connectivity index (χ1n) is 17.6. The summed E-state index contributed by atoms with van der Waals surface area (Å²) in [7, 11) is 1.53. The molecule has 4 heterocycles. The van der Waals surface area contributed by atoms with Crippen molar-refractivity contribution in [2.75, 3.05) is 31.7 Å². The molecule has 8 N–H and O–H groups in total. The highest BCUT2D eigenvalue weighted by Crippen LogP contribution is 2.46. The van der Waals surface area contributed by atoms with Gasteiger partial charge in [-0.25, -0.2) is 14.3 Å². The number of carbonyl (C=O) groups is 4. The third kappa shape index (κ3) is 8.83. The predicted molar refractivity (Wildman–Crippen MR) is 213 cm³/mol. The number of nitrogens with zero attached hydrogens (tertiary/aromatic N) is 4. The minimum Gasteiger partial charge on any atom is -0.508 e. The molecule has 2 aliphatic heterocycles. The first kappa shape index (κ1) is 41.0. The quantitative estimate of drug-likeness (QED) is 0.0282. The second kappa shape index (κ2) is 17.6. The maximum absolute atomic E-state index is 13.7. The number of ketones is 1. The number of hydrogen-bond donors (Lipinski definition) is 7. The molecule has 16 nitrogen and oxygen atoms in total. The Kier molecular flexibility index (Phi) is 12.7. The number of nitrogens with two attached hydrogens (primary N) is 1. The number of benzene rings is 2. The number of fused-ring (bicyclic) bond motifs is 1. The zero-order valence-electron chi connectivity index (χ0n) is 30.6. The van der Waals surface area contributed by atoms with Crippen molar-refractivity contribution in [1.29, 1.82) is 0 Å². The fourth-order valence-electron chi connectivity index (χ4n) is 6.68. The number of rotatable bonds is 16. The molecule has 19 heteroatoms. The summed E-state index contributed by atoms with van der Waals surface area (Å²) in [5.74, 6) is -4.07. The van der Waals surface area contributed by atoms with E-state index in [-0.39, 0.29) is 93.0 Å². The normalized spacial score (nSPS) is 17.1. The average molecular weight is 837 g/mol. The molecule has 2 aromatic heterocycles. The number of pyridine rings is 1. The Hall–Kier alpha value is -5.69. The molecule has 1 saturated heterocycles. The van der Waals surface area contributed by atoms with Crippen LogP contribution in [0.15, 0.2) is 77.4 Å². The van der Waals surface area contributed by atoms with Gasteiger partial charge in [0.05, 0.1) is 11.3 Å². The number of amides is 2. The number of hydrogen-bond acceptors (Lipinski definition) is 14. The van der Waals surface area contributed by atoms with Gasteiger partial charge in [-0.3, -0.25) is 19.3 Å². The Morgan fingerprint density at radius 1 is 1.14 bits per heavy atom. The lowest BCUT2D eigenvalue weighted by Crippen LogP contribution is -2.62. The smallest absolute Gasteiger partial charge is 0.352 e. The van der Waals surface area contributed by atoms with E-state index >= 15 is 0 Å². The van der Waals surface area contributed by atoms with Crippen molar-refractivity contribution in [2.45, 2.75) is 37.7 Å². The van der Waals surface area contributed by atoms with Crippen molar-refractivity contribution in [2.24, 2.45) is 11.1 Å². The molecule has 2 amide bonds. The van der Waals surface area contributed by atoms with Gasteiger partial charge in [-0.2, -0.15) is 0 Å². The van der Waals surface area contributed by atoms with E-state index in [1.807, 2.05) is 29.7 Å². The van der Waals surface area contributed by atoms with Crippen molar-refractivity contribution < 1.29 is 49.0 Å². The van der Waals surface area contributed by atoms with Gasteiger partial charge in [0.25, 0.3) is 0 Å². The first-order valence-corrected chi connectivity index (χ1v) is 19.8. The number of aryl methyl sites for hydroxylation is 1. The van der Waals surface area contributed by atoms with E-state index < -0.39 is 40.9 Å². The minimum absolute atomic E-state index is 0.0210. The Bertz CT molecular complexity index is 2290. The number of thiazole rings is 1. The summed E-state index contributed by atoms with van der Waals surface area (Å²) in [6.45, 7) is 2.11. The van der Waals surface area contributed by atoms with Crippen LogP contribution in [-0.4, -0.2) is 90.9 Å². The van der Waals surface area contributed by atoms with Gasteiger partial charge in [0, 0.05) is 60.0 Å². The number of β-lactam (4-membered cyclic amide) rings is 1. The zero-order chi connectivity index (χ0) is 41.0. The highest BCUT2D eigenvalue weighted by Gasteiger charge is 2.54. The van der Waals surface area contributed by atoms with Crippen molar-refractivity contribution in [3.63, 3.8) is 0 Å². The predicted octanol–water partition coefficient (Wildman–Crippen LogP) is 3.48. The lowest BCUT2D eigenvalue weighted by molar-refractivity contribution is -0.689. The molecular weight excluding hydrogens is 798 g/mol. The number of oxime groups is 1. The molecular formula is C38H39ClN7O9S2+. The number of Topliss-reactive ketones (excluding diaryl/α,β-unsaturated/α-hetero) is 1. The van der Waals surface area contributed by atoms with E-state index in [4.69, 9.17) is 22.2 Å². The van der Waals surface area contributed by atoms with Crippen LogP contribution < -0.4 is 20.9 Å². The number of phenolic OH excluding ortho intramolecular Hbond substituents is 3. The number of phenols is 3. The van der Waals surface area contributed by atoms with Crippen LogP contribution in [0.3, 0.4) is 0 Å². The highest BCUT2D eigenvalue weighted by molar-refractivity contribution is 8.00. The Labute approximate surface area is 339 Å². The third-order valence-electron chi connectivity index (χ3n) is 9.29. The topological polar surface area (TPSA) is 241 Å². The number of carboxylic acid groups (broad SMARTS) is 1. The Morgan fingerprint density at radius 3 is 2.58 bits per heavy atom. The summed E-state index contributed by atoms with van der Waals surface area (Å²) < 4.78 is 1.90. The van der Waals surface area contributed by atoms with E-state index in [1.165, 1.54) is 35.8 Å². The number of carboxylic acids is 1. The molecule has 0 aliphatic carbocycles. The SMILES string of the molecule is CNC(C(=O)NCCCO/N=C(\C(=O)CC1C(=O)N2C(C(=O)O)=C(C[n+]3ccccc3)CSC12)c1nc(N)sc1Cl)c1cc(O)cc(O)c1-c1cc(C)ccc1O. The van der Waals surface area contributed by atoms with Crippen LogP contribution in [-0.2, 0) is 30.6 Å². The zero-order valence-corrected chi connectivity index (χ0v) is 33.0. The molecule has 0 saturated carbocycles. The van der Waals surface area contributed by atoms with Crippen LogP contribution in [0.5, 0.6) is 17.2 Å². The average Bonchev–Trinajstić information content (AvgIpc) is 3.51. The van der Waals surface area contributed by atoms with Crippen molar-refractivity contribution in [3.8, 4) is 28.4 Å². The fraction of sp³-hybridized carbons (Fsp3) is 0.289. The molecule has 3 atom stereocenters. The molecule has 3 unspecified atom stereocenters.